The lowest BCUT2D eigenvalue weighted by Crippen LogP contribution is -2.11. The van der Waals surface area contributed by atoms with E-state index in [0.29, 0.717) is 6.42 Å². The molecule has 0 bridgehead atoms. The standard InChI is InChI=1S/C16H16O/c1-16(2,3)13-8-7-10-9-14(17)12-6-4-5-11(13)15(10)12/h4-8H,9H2,1-3H3. The van der Waals surface area contributed by atoms with Crippen LogP contribution in [0.5, 0.6) is 0 Å². The maximum Gasteiger partial charge on any atom is 0.167 e. The van der Waals surface area contributed by atoms with E-state index in [0.717, 1.165) is 5.56 Å². The number of carbonyl (C=O) groups excluding carboxylic acids is 1. The van der Waals surface area contributed by atoms with E-state index in [4.69, 9.17) is 0 Å². The van der Waals surface area contributed by atoms with Gasteiger partial charge in [-0.05, 0) is 27.3 Å². The molecule has 0 aliphatic heterocycles. The van der Waals surface area contributed by atoms with Crippen molar-refractivity contribution in [1.82, 2.24) is 0 Å². The van der Waals surface area contributed by atoms with Crippen molar-refractivity contribution >= 4 is 16.6 Å². The molecule has 2 aromatic rings. The fraction of sp³-hybridized carbons (Fsp3) is 0.312. The molecule has 86 valence electrons. The monoisotopic (exact) mass is 224 g/mol. The lowest BCUT2D eigenvalue weighted by atomic mass is 9.83. The normalized spacial score (nSPS) is 14.6. The molecule has 1 aliphatic rings. The molecule has 1 aliphatic carbocycles. The van der Waals surface area contributed by atoms with Crippen LogP contribution in [0.15, 0.2) is 30.3 Å². The zero-order valence-electron chi connectivity index (χ0n) is 10.5. The molecule has 0 spiro atoms. The molecule has 17 heavy (non-hydrogen) atoms. The Bertz CT molecular complexity index is 630. The predicted octanol–water partition coefficient (Wildman–Crippen LogP) is 3.88. The minimum atomic E-state index is 0.114. The summed E-state index contributed by atoms with van der Waals surface area (Å²) in [5, 5.41) is 2.43. The highest BCUT2D eigenvalue weighted by Gasteiger charge is 2.25. The van der Waals surface area contributed by atoms with E-state index in [2.05, 4.69) is 39.0 Å². The first-order valence-electron chi connectivity index (χ1n) is 6.07. The van der Waals surface area contributed by atoms with Gasteiger partial charge in [0.25, 0.3) is 0 Å². The second-order valence-corrected chi connectivity index (χ2v) is 5.85. The van der Waals surface area contributed by atoms with Gasteiger partial charge in [-0.15, -0.1) is 0 Å². The first kappa shape index (κ1) is 10.5. The average molecular weight is 224 g/mol. The summed E-state index contributed by atoms with van der Waals surface area (Å²) in [6, 6.07) is 10.4. The van der Waals surface area contributed by atoms with Crippen LogP contribution in [0.25, 0.3) is 10.8 Å². The molecule has 3 rings (SSSR count). The predicted molar refractivity (Wildman–Crippen MR) is 70.7 cm³/mol. The van der Waals surface area contributed by atoms with Crippen LogP contribution < -0.4 is 0 Å². The Labute approximate surface area is 101 Å². The van der Waals surface area contributed by atoms with Crippen LogP contribution in [0, 0.1) is 0 Å². The molecule has 1 nitrogen and oxygen atoms in total. The maximum absolute atomic E-state index is 11.9. The summed E-state index contributed by atoms with van der Waals surface area (Å²) in [6.45, 7) is 6.65. The van der Waals surface area contributed by atoms with E-state index < -0.39 is 0 Å². The third-order valence-electron chi connectivity index (χ3n) is 3.59. The molecule has 1 heteroatoms. The molecule has 0 saturated carbocycles. The quantitative estimate of drug-likeness (QED) is 0.663. The fourth-order valence-corrected chi connectivity index (χ4v) is 2.78. The van der Waals surface area contributed by atoms with Gasteiger partial charge in [0.1, 0.15) is 0 Å². The topological polar surface area (TPSA) is 17.1 Å². The molecule has 0 unspecified atom stereocenters. The highest BCUT2D eigenvalue weighted by molar-refractivity contribution is 6.16. The molecule has 0 radical (unpaired) electrons. The van der Waals surface area contributed by atoms with Crippen LogP contribution in [-0.4, -0.2) is 5.78 Å². The van der Waals surface area contributed by atoms with Gasteiger partial charge >= 0.3 is 0 Å². The number of hydrogen-bond acceptors (Lipinski definition) is 1. The number of rotatable bonds is 0. The molecule has 0 aromatic heterocycles. The maximum atomic E-state index is 11.9. The Balaban J connectivity index is 2.45. The molecule has 0 amide bonds. The summed E-state index contributed by atoms with van der Waals surface area (Å²) in [7, 11) is 0. The second-order valence-electron chi connectivity index (χ2n) is 5.85. The Morgan fingerprint density at radius 2 is 1.82 bits per heavy atom. The van der Waals surface area contributed by atoms with Crippen LogP contribution >= 0.6 is 0 Å². The van der Waals surface area contributed by atoms with Crippen molar-refractivity contribution in [3.63, 3.8) is 0 Å². The van der Waals surface area contributed by atoms with Crippen molar-refractivity contribution in [3.05, 3.63) is 47.0 Å². The van der Waals surface area contributed by atoms with Gasteiger partial charge in [-0.2, -0.15) is 0 Å². The van der Waals surface area contributed by atoms with Crippen LogP contribution in [0.1, 0.15) is 42.3 Å². The molecule has 0 fully saturated rings. The number of carbonyl (C=O) groups is 1. The summed E-state index contributed by atoms with van der Waals surface area (Å²) in [6.07, 6.45) is 0.570. The van der Waals surface area contributed by atoms with Gasteiger partial charge in [-0.3, -0.25) is 4.79 Å². The summed E-state index contributed by atoms with van der Waals surface area (Å²) in [5.74, 6) is 0.261. The van der Waals surface area contributed by atoms with Gasteiger partial charge in [0.2, 0.25) is 0 Å². The minimum Gasteiger partial charge on any atom is -0.294 e. The molecular formula is C16H16O. The van der Waals surface area contributed by atoms with Crippen LogP contribution in [-0.2, 0) is 11.8 Å². The highest BCUT2D eigenvalue weighted by Crippen LogP contribution is 2.37. The Hall–Kier alpha value is -1.63. The summed E-state index contributed by atoms with van der Waals surface area (Å²) in [5.41, 5.74) is 3.54. The Kier molecular flexibility index (Phi) is 1.97. The first-order chi connectivity index (χ1) is 7.98. The van der Waals surface area contributed by atoms with Crippen LogP contribution in [0.3, 0.4) is 0 Å². The van der Waals surface area contributed by atoms with Crippen molar-refractivity contribution in [2.45, 2.75) is 32.6 Å². The largest absolute Gasteiger partial charge is 0.294 e. The average Bonchev–Trinajstić information content (AvgIpc) is 2.57. The van der Waals surface area contributed by atoms with E-state index in [1.54, 1.807) is 0 Å². The van der Waals surface area contributed by atoms with Gasteiger partial charge in [0, 0.05) is 12.0 Å². The van der Waals surface area contributed by atoms with Gasteiger partial charge < -0.3 is 0 Å². The SMILES string of the molecule is CC(C)(C)c1ccc2c3c(cccc13)C(=O)C2. The van der Waals surface area contributed by atoms with E-state index in [-0.39, 0.29) is 11.2 Å². The zero-order valence-corrected chi connectivity index (χ0v) is 10.5. The molecule has 0 saturated heterocycles. The van der Waals surface area contributed by atoms with Crippen molar-refractivity contribution in [2.75, 3.05) is 0 Å². The van der Waals surface area contributed by atoms with Crippen molar-refractivity contribution in [3.8, 4) is 0 Å². The summed E-state index contributed by atoms with van der Waals surface area (Å²) in [4.78, 5) is 11.9. The number of benzene rings is 2. The van der Waals surface area contributed by atoms with E-state index in [1.165, 1.54) is 21.9 Å². The van der Waals surface area contributed by atoms with E-state index >= 15 is 0 Å². The van der Waals surface area contributed by atoms with E-state index in [1.807, 2.05) is 12.1 Å². The van der Waals surface area contributed by atoms with Crippen molar-refractivity contribution in [1.29, 1.82) is 0 Å². The number of ketones is 1. The van der Waals surface area contributed by atoms with E-state index in [9.17, 15) is 4.79 Å². The second kappa shape index (κ2) is 3.19. The van der Waals surface area contributed by atoms with Gasteiger partial charge in [-0.25, -0.2) is 0 Å². The first-order valence-corrected chi connectivity index (χ1v) is 6.07. The molecular weight excluding hydrogens is 208 g/mol. The molecule has 0 N–H and O–H groups in total. The third kappa shape index (κ3) is 1.42. The molecule has 2 aromatic carbocycles. The van der Waals surface area contributed by atoms with Crippen LogP contribution in [0.2, 0.25) is 0 Å². The highest BCUT2D eigenvalue weighted by atomic mass is 16.1. The van der Waals surface area contributed by atoms with Gasteiger partial charge in [0.15, 0.2) is 5.78 Å². The Morgan fingerprint density at radius 3 is 2.53 bits per heavy atom. The van der Waals surface area contributed by atoms with Crippen LogP contribution in [0.4, 0.5) is 0 Å². The minimum absolute atomic E-state index is 0.114. The number of hydrogen-bond donors (Lipinski definition) is 0. The number of Topliss-reactive ketones (excluding diaryl/α,β-unsaturated/α-hetero) is 1. The van der Waals surface area contributed by atoms with Gasteiger partial charge in [0.05, 0.1) is 0 Å². The Morgan fingerprint density at radius 1 is 1.06 bits per heavy atom. The lowest BCUT2D eigenvalue weighted by molar-refractivity contribution is 0.1000. The summed E-state index contributed by atoms with van der Waals surface area (Å²) >= 11 is 0. The molecule has 0 atom stereocenters. The third-order valence-corrected chi connectivity index (χ3v) is 3.59. The fourth-order valence-electron chi connectivity index (χ4n) is 2.78. The van der Waals surface area contributed by atoms with Crippen molar-refractivity contribution in [2.24, 2.45) is 0 Å². The van der Waals surface area contributed by atoms with Crippen molar-refractivity contribution < 1.29 is 4.79 Å². The summed E-state index contributed by atoms with van der Waals surface area (Å²) < 4.78 is 0. The zero-order chi connectivity index (χ0) is 12.2. The smallest absolute Gasteiger partial charge is 0.167 e. The lowest BCUT2D eigenvalue weighted by Gasteiger charge is -2.21. The molecule has 0 heterocycles. The van der Waals surface area contributed by atoms with Gasteiger partial charge in [-0.1, -0.05) is 51.1 Å².